The number of carbonyl (C=O) groups is 1. The molecule has 0 fully saturated rings. The van der Waals surface area contributed by atoms with E-state index in [1.54, 1.807) is 17.1 Å². The Kier molecular flexibility index (Phi) is 5.62. The highest BCUT2D eigenvalue weighted by Gasteiger charge is 2.07. The van der Waals surface area contributed by atoms with Crippen LogP contribution in [0.5, 0.6) is 0 Å². The summed E-state index contributed by atoms with van der Waals surface area (Å²) in [4.78, 5) is 20.6. The maximum Gasteiger partial charge on any atom is 0.310 e. The second-order valence-electron chi connectivity index (χ2n) is 6.18. The van der Waals surface area contributed by atoms with Gasteiger partial charge in [-0.25, -0.2) is 9.97 Å². The first-order valence-corrected chi connectivity index (χ1v) is 8.52. The van der Waals surface area contributed by atoms with Gasteiger partial charge in [0.25, 0.3) is 0 Å². The molecule has 0 bridgehead atoms. The lowest BCUT2D eigenvalue weighted by Gasteiger charge is -2.03. The number of carbonyl (C=O) groups excluding carboxylic acids is 1. The molecule has 136 valence electrons. The van der Waals surface area contributed by atoms with Crippen LogP contribution in [0.15, 0.2) is 42.9 Å². The molecular weight excluding hydrogens is 340 g/mol. The third kappa shape index (κ3) is 4.79. The van der Waals surface area contributed by atoms with Gasteiger partial charge in [0, 0.05) is 37.0 Å². The quantitative estimate of drug-likeness (QED) is 0.527. The molecular formula is C21H20N4O2. The third-order valence-corrected chi connectivity index (χ3v) is 4.04. The van der Waals surface area contributed by atoms with Crippen molar-refractivity contribution in [2.24, 2.45) is 7.05 Å². The van der Waals surface area contributed by atoms with Gasteiger partial charge in [0.1, 0.15) is 11.5 Å². The van der Waals surface area contributed by atoms with E-state index in [9.17, 15) is 4.79 Å². The van der Waals surface area contributed by atoms with Crippen LogP contribution in [0.1, 0.15) is 33.8 Å². The Balaban J connectivity index is 1.86. The van der Waals surface area contributed by atoms with E-state index in [1.807, 2.05) is 44.4 Å². The molecule has 0 aliphatic rings. The molecule has 2 aromatic heterocycles. The van der Waals surface area contributed by atoms with E-state index in [0.29, 0.717) is 17.9 Å². The summed E-state index contributed by atoms with van der Waals surface area (Å²) < 4.78 is 6.50. The Labute approximate surface area is 158 Å². The lowest BCUT2D eigenvalue weighted by molar-refractivity contribution is -0.139. The van der Waals surface area contributed by atoms with E-state index in [2.05, 4.69) is 26.9 Å². The summed E-state index contributed by atoms with van der Waals surface area (Å²) in [5.41, 5.74) is 4.25. The minimum atomic E-state index is -0.291. The number of aryl methyl sites for hydroxylation is 2. The molecule has 0 N–H and O–H groups in total. The maximum atomic E-state index is 11.6. The Hall–Kier alpha value is -3.46. The largest absolute Gasteiger partial charge is 0.469 e. The fraction of sp³-hybridized carbons (Fsp3) is 0.238. The molecule has 0 unspecified atom stereocenters. The average Bonchev–Trinajstić information content (AvgIpc) is 3.07. The van der Waals surface area contributed by atoms with Crippen LogP contribution in [-0.4, -0.2) is 32.8 Å². The first-order valence-electron chi connectivity index (χ1n) is 8.52. The summed E-state index contributed by atoms with van der Waals surface area (Å²) in [7, 11) is 3.26. The molecule has 0 aliphatic heterocycles. The molecule has 0 radical (unpaired) electrons. The fourth-order valence-corrected chi connectivity index (χ4v) is 2.59. The lowest BCUT2D eigenvalue weighted by atomic mass is 10.0. The van der Waals surface area contributed by atoms with Gasteiger partial charge in [0.15, 0.2) is 0 Å². The van der Waals surface area contributed by atoms with E-state index in [0.717, 1.165) is 22.3 Å². The lowest BCUT2D eigenvalue weighted by Crippen LogP contribution is -2.05. The zero-order valence-electron chi connectivity index (χ0n) is 15.6. The normalized spacial score (nSPS) is 10.2. The van der Waals surface area contributed by atoms with Crippen LogP contribution < -0.4 is 0 Å². The number of benzene rings is 1. The van der Waals surface area contributed by atoms with E-state index in [-0.39, 0.29) is 12.4 Å². The van der Waals surface area contributed by atoms with Crippen LogP contribution in [0, 0.1) is 18.8 Å². The van der Waals surface area contributed by atoms with Gasteiger partial charge in [0.05, 0.1) is 19.7 Å². The summed E-state index contributed by atoms with van der Waals surface area (Å²) in [6, 6.07) is 7.54. The van der Waals surface area contributed by atoms with E-state index in [4.69, 9.17) is 4.74 Å². The number of methoxy groups -OCH3 is 1. The van der Waals surface area contributed by atoms with Gasteiger partial charge < -0.3 is 4.74 Å². The van der Waals surface area contributed by atoms with Crippen molar-refractivity contribution in [3.63, 3.8) is 0 Å². The number of nitrogens with zero attached hydrogens (tertiary/aromatic N) is 4. The number of aromatic nitrogens is 4. The SMILES string of the molecule is COC(=O)Cc1ccccc1C#Cc1nc(Cc2cnn(C)c2)ncc1C. The summed E-state index contributed by atoms with van der Waals surface area (Å²) in [5.74, 6) is 6.65. The second-order valence-corrected chi connectivity index (χ2v) is 6.18. The van der Waals surface area contributed by atoms with Crippen LogP contribution in [0.25, 0.3) is 0 Å². The molecule has 2 heterocycles. The van der Waals surface area contributed by atoms with E-state index in [1.165, 1.54) is 7.11 Å². The number of hydrogen-bond acceptors (Lipinski definition) is 5. The van der Waals surface area contributed by atoms with Crippen LogP contribution in [0.4, 0.5) is 0 Å². The van der Waals surface area contributed by atoms with E-state index < -0.39 is 0 Å². The predicted molar refractivity (Wildman–Crippen MR) is 101 cm³/mol. The Morgan fingerprint density at radius 2 is 2.04 bits per heavy atom. The maximum absolute atomic E-state index is 11.6. The summed E-state index contributed by atoms with van der Waals surface area (Å²) in [5, 5.41) is 4.16. The topological polar surface area (TPSA) is 69.9 Å². The third-order valence-electron chi connectivity index (χ3n) is 4.04. The Bertz CT molecular complexity index is 1030. The number of ether oxygens (including phenoxy) is 1. The molecule has 1 aromatic carbocycles. The Morgan fingerprint density at radius 1 is 1.22 bits per heavy atom. The average molecular weight is 360 g/mol. The van der Waals surface area contributed by atoms with Crippen molar-refractivity contribution in [3.8, 4) is 11.8 Å². The number of rotatable bonds is 4. The van der Waals surface area contributed by atoms with Gasteiger partial charge in [-0.2, -0.15) is 5.10 Å². The smallest absolute Gasteiger partial charge is 0.310 e. The van der Waals surface area contributed by atoms with Gasteiger partial charge in [-0.1, -0.05) is 24.1 Å². The molecule has 0 saturated carbocycles. The highest BCUT2D eigenvalue weighted by Crippen LogP contribution is 2.11. The standard InChI is InChI=1S/C21H20N4O2/c1-15-12-22-20(10-16-13-23-25(2)14-16)24-19(15)9-8-17-6-4-5-7-18(17)11-21(26)27-3/h4-7,12-14H,10-11H2,1-3H3. The molecule has 6 heteroatoms. The number of esters is 1. The van der Waals surface area contributed by atoms with Gasteiger partial charge in [-0.05, 0) is 30.0 Å². The van der Waals surface area contributed by atoms with Crippen LogP contribution in [0.2, 0.25) is 0 Å². The van der Waals surface area contributed by atoms with Crippen molar-refractivity contribution < 1.29 is 9.53 Å². The molecule has 0 aliphatic carbocycles. The Morgan fingerprint density at radius 3 is 2.78 bits per heavy atom. The molecule has 6 nitrogen and oxygen atoms in total. The highest BCUT2D eigenvalue weighted by atomic mass is 16.5. The molecule has 0 amide bonds. The summed E-state index contributed by atoms with van der Waals surface area (Å²) in [6.45, 7) is 1.93. The van der Waals surface area contributed by atoms with Crippen LogP contribution in [-0.2, 0) is 29.4 Å². The minimum Gasteiger partial charge on any atom is -0.469 e. The fourth-order valence-electron chi connectivity index (χ4n) is 2.59. The van der Waals surface area contributed by atoms with Crippen molar-refractivity contribution in [3.05, 3.63) is 76.6 Å². The van der Waals surface area contributed by atoms with Crippen LogP contribution >= 0.6 is 0 Å². The first-order chi connectivity index (χ1) is 13.0. The van der Waals surface area contributed by atoms with Crippen molar-refractivity contribution in [1.82, 2.24) is 19.7 Å². The monoisotopic (exact) mass is 360 g/mol. The van der Waals surface area contributed by atoms with E-state index >= 15 is 0 Å². The first kappa shape index (κ1) is 18.3. The predicted octanol–water partition coefficient (Wildman–Crippen LogP) is 2.22. The molecule has 0 spiro atoms. The molecule has 0 saturated heterocycles. The van der Waals surface area contributed by atoms with Gasteiger partial charge in [0.2, 0.25) is 0 Å². The number of hydrogen-bond donors (Lipinski definition) is 0. The zero-order valence-corrected chi connectivity index (χ0v) is 15.6. The minimum absolute atomic E-state index is 0.191. The molecule has 3 aromatic rings. The highest BCUT2D eigenvalue weighted by molar-refractivity contribution is 5.73. The van der Waals surface area contributed by atoms with Crippen molar-refractivity contribution in [1.29, 1.82) is 0 Å². The van der Waals surface area contributed by atoms with Crippen LogP contribution in [0.3, 0.4) is 0 Å². The summed E-state index contributed by atoms with van der Waals surface area (Å²) >= 11 is 0. The van der Waals surface area contributed by atoms with Crippen molar-refractivity contribution >= 4 is 5.97 Å². The second kappa shape index (κ2) is 8.28. The zero-order chi connectivity index (χ0) is 19.2. The molecule has 27 heavy (non-hydrogen) atoms. The molecule has 0 atom stereocenters. The van der Waals surface area contributed by atoms with Gasteiger partial charge >= 0.3 is 5.97 Å². The van der Waals surface area contributed by atoms with Crippen molar-refractivity contribution in [2.45, 2.75) is 19.8 Å². The van der Waals surface area contributed by atoms with Gasteiger partial charge in [-0.3, -0.25) is 9.48 Å². The van der Waals surface area contributed by atoms with Crippen molar-refractivity contribution in [2.75, 3.05) is 7.11 Å². The summed E-state index contributed by atoms with van der Waals surface area (Å²) in [6.07, 6.45) is 6.32. The van der Waals surface area contributed by atoms with Gasteiger partial charge in [-0.15, -0.1) is 0 Å². The molecule has 3 rings (SSSR count).